The van der Waals surface area contributed by atoms with E-state index in [4.69, 9.17) is 4.42 Å². The highest BCUT2D eigenvalue weighted by Crippen LogP contribution is 2.32. The van der Waals surface area contributed by atoms with Crippen LogP contribution in [0, 0.1) is 5.92 Å². The normalized spacial score (nSPS) is 17.8. The van der Waals surface area contributed by atoms with E-state index in [9.17, 15) is 4.79 Å². The van der Waals surface area contributed by atoms with Crippen LogP contribution in [0.3, 0.4) is 0 Å². The van der Waals surface area contributed by atoms with Crippen LogP contribution in [-0.4, -0.2) is 10.9 Å². The molecule has 2 heterocycles. The number of amides is 1. The maximum atomic E-state index is 11.9. The van der Waals surface area contributed by atoms with Crippen molar-refractivity contribution in [1.82, 2.24) is 4.98 Å². The van der Waals surface area contributed by atoms with Crippen molar-refractivity contribution in [2.24, 2.45) is 5.92 Å². The first-order valence-corrected chi connectivity index (χ1v) is 7.83. The molecule has 0 aliphatic heterocycles. The summed E-state index contributed by atoms with van der Waals surface area (Å²) in [6.07, 6.45) is 6.01. The van der Waals surface area contributed by atoms with Crippen molar-refractivity contribution in [2.45, 2.75) is 39.0 Å². The second-order valence-electron chi connectivity index (χ2n) is 5.36. The standard InChI is InChI=1S/C15H18N2O2S/c1-10-4-6-12-13(9-10)20-15(16-12)17-14(18)7-5-11-3-2-8-19-11/h2-3,8,10H,4-7,9H2,1H3,(H,16,17,18). The molecule has 0 saturated carbocycles. The third-order valence-corrected chi connectivity index (χ3v) is 4.65. The minimum Gasteiger partial charge on any atom is -0.469 e. The summed E-state index contributed by atoms with van der Waals surface area (Å²) in [4.78, 5) is 17.8. The predicted octanol–water partition coefficient (Wildman–Crippen LogP) is 3.43. The fraction of sp³-hybridized carbons (Fsp3) is 0.467. The van der Waals surface area contributed by atoms with Crippen LogP contribution in [-0.2, 0) is 24.1 Å². The van der Waals surface area contributed by atoms with Crippen LogP contribution in [0.25, 0.3) is 0 Å². The number of fused-ring (bicyclic) bond motifs is 1. The summed E-state index contributed by atoms with van der Waals surface area (Å²) in [5.74, 6) is 1.57. The first-order valence-electron chi connectivity index (χ1n) is 7.01. The number of hydrogen-bond donors (Lipinski definition) is 1. The molecule has 2 aromatic rings. The summed E-state index contributed by atoms with van der Waals surface area (Å²) < 4.78 is 5.22. The number of hydrogen-bond acceptors (Lipinski definition) is 4. The fourth-order valence-electron chi connectivity index (χ4n) is 2.47. The lowest BCUT2D eigenvalue weighted by molar-refractivity contribution is -0.116. The van der Waals surface area contributed by atoms with Gasteiger partial charge in [-0.25, -0.2) is 4.98 Å². The van der Waals surface area contributed by atoms with Crippen molar-refractivity contribution in [3.63, 3.8) is 0 Å². The molecule has 3 rings (SSSR count). The molecule has 20 heavy (non-hydrogen) atoms. The van der Waals surface area contributed by atoms with Gasteiger partial charge in [0.05, 0.1) is 12.0 Å². The highest BCUT2D eigenvalue weighted by atomic mass is 32.1. The highest BCUT2D eigenvalue weighted by molar-refractivity contribution is 7.15. The summed E-state index contributed by atoms with van der Waals surface area (Å²) in [7, 11) is 0. The Morgan fingerprint density at radius 3 is 3.30 bits per heavy atom. The van der Waals surface area contributed by atoms with Gasteiger partial charge in [-0.15, -0.1) is 11.3 Å². The zero-order valence-corrected chi connectivity index (χ0v) is 12.3. The maximum Gasteiger partial charge on any atom is 0.226 e. The first kappa shape index (κ1) is 13.4. The maximum absolute atomic E-state index is 11.9. The van der Waals surface area contributed by atoms with E-state index < -0.39 is 0 Å². The second-order valence-corrected chi connectivity index (χ2v) is 6.45. The van der Waals surface area contributed by atoms with Gasteiger partial charge in [0.25, 0.3) is 0 Å². The third kappa shape index (κ3) is 3.10. The van der Waals surface area contributed by atoms with E-state index in [1.165, 1.54) is 17.0 Å². The molecule has 0 bridgehead atoms. The Morgan fingerprint density at radius 2 is 2.50 bits per heavy atom. The Hall–Kier alpha value is -1.62. The Kier molecular flexibility index (Phi) is 3.87. The number of nitrogens with one attached hydrogen (secondary N) is 1. The first-order chi connectivity index (χ1) is 9.70. The molecule has 1 aliphatic carbocycles. The Labute approximate surface area is 122 Å². The van der Waals surface area contributed by atoms with Gasteiger partial charge in [0.15, 0.2) is 5.13 Å². The van der Waals surface area contributed by atoms with Gasteiger partial charge in [-0.1, -0.05) is 6.92 Å². The smallest absolute Gasteiger partial charge is 0.226 e. The number of rotatable bonds is 4. The minimum atomic E-state index is 0.000505. The molecule has 0 aromatic carbocycles. The van der Waals surface area contributed by atoms with Gasteiger partial charge in [-0.05, 0) is 37.3 Å². The summed E-state index contributed by atoms with van der Waals surface area (Å²) in [6.45, 7) is 2.27. The van der Waals surface area contributed by atoms with Crippen LogP contribution in [0.2, 0.25) is 0 Å². The van der Waals surface area contributed by atoms with Gasteiger partial charge in [0, 0.05) is 17.7 Å². The molecule has 0 radical (unpaired) electrons. The number of aryl methyl sites for hydroxylation is 2. The van der Waals surface area contributed by atoms with Gasteiger partial charge in [0.2, 0.25) is 5.91 Å². The molecule has 1 unspecified atom stereocenters. The van der Waals surface area contributed by atoms with Gasteiger partial charge in [-0.3, -0.25) is 4.79 Å². The molecule has 106 valence electrons. The van der Waals surface area contributed by atoms with Crippen molar-refractivity contribution < 1.29 is 9.21 Å². The molecule has 0 fully saturated rings. The number of carbonyl (C=O) groups excluding carboxylic acids is 1. The van der Waals surface area contributed by atoms with E-state index in [2.05, 4.69) is 17.2 Å². The van der Waals surface area contributed by atoms with Crippen molar-refractivity contribution >= 4 is 22.4 Å². The predicted molar refractivity (Wildman–Crippen MR) is 79.0 cm³/mol. The summed E-state index contributed by atoms with van der Waals surface area (Å²) >= 11 is 1.62. The van der Waals surface area contributed by atoms with Gasteiger partial charge >= 0.3 is 0 Å². The molecular weight excluding hydrogens is 272 g/mol. The van der Waals surface area contributed by atoms with Crippen LogP contribution in [0.5, 0.6) is 0 Å². The number of thiazole rings is 1. The number of anilines is 1. The van der Waals surface area contributed by atoms with E-state index in [1.807, 2.05) is 12.1 Å². The van der Waals surface area contributed by atoms with Gasteiger partial charge < -0.3 is 9.73 Å². The van der Waals surface area contributed by atoms with Gasteiger partial charge in [-0.2, -0.15) is 0 Å². The van der Waals surface area contributed by atoms with Crippen molar-refractivity contribution in [3.05, 3.63) is 34.7 Å². The summed E-state index contributed by atoms with van der Waals surface area (Å²) in [5.41, 5.74) is 1.18. The number of carbonyl (C=O) groups is 1. The average molecular weight is 290 g/mol. The fourth-order valence-corrected chi connectivity index (χ4v) is 3.65. The zero-order valence-electron chi connectivity index (χ0n) is 11.5. The molecule has 1 N–H and O–H groups in total. The molecule has 1 amide bonds. The van der Waals surface area contributed by atoms with E-state index in [0.29, 0.717) is 12.8 Å². The largest absolute Gasteiger partial charge is 0.469 e. The molecule has 1 aliphatic rings. The van der Waals surface area contributed by atoms with E-state index in [0.717, 1.165) is 29.7 Å². The van der Waals surface area contributed by atoms with E-state index >= 15 is 0 Å². The zero-order chi connectivity index (χ0) is 13.9. The number of aromatic nitrogens is 1. The topological polar surface area (TPSA) is 55.1 Å². The Morgan fingerprint density at radius 1 is 1.60 bits per heavy atom. The average Bonchev–Trinajstić information content (AvgIpc) is 3.04. The minimum absolute atomic E-state index is 0.000505. The molecule has 0 saturated heterocycles. The second kappa shape index (κ2) is 5.79. The SMILES string of the molecule is CC1CCc2nc(NC(=O)CCc3ccco3)sc2C1. The monoisotopic (exact) mass is 290 g/mol. The van der Waals surface area contributed by atoms with Crippen LogP contribution in [0.15, 0.2) is 22.8 Å². The quantitative estimate of drug-likeness (QED) is 0.938. The van der Waals surface area contributed by atoms with Crippen LogP contribution in [0.4, 0.5) is 5.13 Å². The van der Waals surface area contributed by atoms with Crippen LogP contribution in [0.1, 0.15) is 36.1 Å². The highest BCUT2D eigenvalue weighted by Gasteiger charge is 2.20. The molecular formula is C15H18N2O2S. The van der Waals surface area contributed by atoms with Crippen molar-refractivity contribution in [3.8, 4) is 0 Å². The van der Waals surface area contributed by atoms with Crippen molar-refractivity contribution in [1.29, 1.82) is 0 Å². The molecule has 4 nitrogen and oxygen atoms in total. The van der Waals surface area contributed by atoms with Crippen LogP contribution >= 0.6 is 11.3 Å². The van der Waals surface area contributed by atoms with Crippen LogP contribution < -0.4 is 5.32 Å². The molecule has 2 aromatic heterocycles. The third-order valence-electron chi connectivity index (χ3n) is 3.61. The molecule has 1 atom stereocenters. The van der Waals surface area contributed by atoms with Crippen molar-refractivity contribution in [2.75, 3.05) is 5.32 Å². The van der Waals surface area contributed by atoms with E-state index in [1.54, 1.807) is 17.6 Å². The summed E-state index contributed by atoms with van der Waals surface area (Å²) in [6, 6.07) is 3.72. The number of furan rings is 1. The lowest BCUT2D eigenvalue weighted by Crippen LogP contribution is -2.12. The molecule has 0 spiro atoms. The van der Waals surface area contributed by atoms with Gasteiger partial charge in [0.1, 0.15) is 5.76 Å². The summed E-state index contributed by atoms with van der Waals surface area (Å²) in [5, 5.41) is 3.65. The Balaban J connectivity index is 1.56. The Bertz CT molecular complexity index is 589. The molecule has 5 heteroatoms. The lowest BCUT2D eigenvalue weighted by atomic mass is 9.93. The van der Waals surface area contributed by atoms with E-state index in [-0.39, 0.29) is 5.91 Å². The number of nitrogens with zero attached hydrogens (tertiary/aromatic N) is 1. The lowest BCUT2D eigenvalue weighted by Gasteiger charge is -2.15.